The second-order valence-electron chi connectivity index (χ2n) is 6.07. The Labute approximate surface area is 144 Å². The van der Waals surface area contributed by atoms with Crippen LogP contribution in [0.3, 0.4) is 0 Å². The van der Waals surface area contributed by atoms with Crippen molar-refractivity contribution in [1.82, 2.24) is 19.9 Å². The molecule has 3 aromatic heterocycles. The standard InChI is InChI=1S/C17H19N5OS/c1-12-8-15(20-10-18-12)23-9-13-2-5-22(6-3-13)17-16-14(4-7-24-16)19-11-21-17/h4,7-8,10-11,13H,2-3,5-6,9H2,1H3. The van der Waals surface area contributed by atoms with Crippen LogP contribution in [0.15, 0.2) is 30.2 Å². The molecule has 4 rings (SSSR count). The van der Waals surface area contributed by atoms with E-state index in [0.717, 1.165) is 43.0 Å². The molecular weight excluding hydrogens is 322 g/mol. The molecule has 124 valence electrons. The molecule has 7 heteroatoms. The minimum absolute atomic E-state index is 0.553. The van der Waals surface area contributed by atoms with Gasteiger partial charge in [-0.25, -0.2) is 19.9 Å². The van der Waals surface area contributed by atoms with Gasteiger partial charge < -0.3 is 9.64 Å². The monoisotopic (exact) mass is 341 g/mol. The minimum atomic E-state index is 0.553. The number of hydrogen-bond acceptors (Lipinski definition) is 7. The minimum Gasteiger partial charge on any atom is -0.477 e. The van der Waals surface area contributed by atoms with E-state index in [9.17, 15) is 0 Å². The smallest absolute Gasteiger partial charge is 0.216 e. The fourth-order valence-electron chi connectivity index (χ4n) is 3.02. The van der Waals surface area contributed by atoms with Gasteiger partial charge in [-0.2, -0.15) is 0 Å². The number of fused-ring (bicyclic) bond motifs is 1. The van der Waals surface area contributed by atoms with Crippen LogP contribution >= 0.6 is 11.3 Å². The van der Waals surface area contributed by atoms with Crippen molar-refractivity contribution in [3.63, 3.8) is 0 Å². The molecule has 0 radical (unpaired) electrons. The highest BCUT2D eigenvalue weighted by Gasteiger charge is 2.22. The Kier molecular flexibility index (Phi) is 4.25. The summed E-state index contributed by atoms with van der Waals surface area (Å²) in [5.41, 5.74) is 1.97. The van der Waals surface area contributed by atoms with E-state index in [1.807, 2.05) is 13.0 Å². The van der Waals surface area contributed by atoms with Gasteiger partial charge in [-0.05, 0) is 37.1 Å². The molecule has 0 atom stereocenters. The summed E-state index contributed by atoms with van der Waals surface area (Å²) in [6.07, 6.45) is 5.41. The normalized spacial score (nSPS) is 15.8. The zero-order valence-electron chi connectivity index (χ0n) is 13.6. The van der Waals surface area contributed by atoms with Gasteiger partial charge in [-0.3, -0.25) is 0 Å². The third-order valence-corrected chi connectivity index (χ3v) is 5.28. The van der Waals surface area contributed by atoms with Crippen LogP contribution in [0.2, 0.25) is 0 Å². The van der Waals surface area contributed by atoms with Crippen LogP contribution in [0.5, 0.6) is 5.88 Å². The number of ether oxygens (including phenoxy) is 1. The molecule has 0 aromatic carbocycles. The van der Waals surface area contributed by atoms with Crippen molar-refractivity contribution in [3.05, 3.63) is 35.9 Å². The first kappa shape index (κ1) is 15.3. The Morgan fingerprint density at radius 2 is 2.00 bits per heavy atom. The summed E-state index contributed by atoms with van der Waals surface area (Å²) in [4.78, 5) is 19.4. The topological polar surface area (TPSA) is 64.0 Å². The van der Waals surface area contributed by atoms with Gasteiger partial charge >= 0.3 is 0 Å². The van der Waals surface area contributed by atoms with Crippen molar-refractivity contribution in [2.45, 2.75) is 19.8 Å². The van der Waals surface area contributed by atoms with Crippen molar-refractivity contribution >= 4 is 27.4 Å². The van der Waals surface area contributed by atoms with E-state index in [4.69, 9.17) is 4.74 Å². The van der Waals surface area contributed by atoms with E-state index in [1.165, 1.54) is 4.70 Å². The van der Waals surface area contributed by atoms with Crippen LogP contribution < -0.4 is 9.64 Å². The highest BCUT2D eigenvalue weighted by Crippen LogP contribution is 2.30. The van der Waals surface area contributed by atoms with Crippen LogP contribution in [-0.2, 0) is 0 Å². The van der Waals surface area contributed by atoms with Crippen molar-refractivity contribution in [3.8, 4) is 5.88 Å². The van der Waals surface area contributed by atoms with E-state index in [0.29, 0.717) is 18.4 Å². The quantitative estimate of drug-likeness (QED) is 0.727. The molecule has 24 heavy (non-hydrogen) atoms. The van der Waals surface area contributed by atoms with E-state index in [1.54, 1.807) is 24.0 Å². The number of piperidine rings is 1. The van der Waals surface area contributed by atoms with Gasteiger partial charge in [0.25, 0.3) is 0 Å². The number of hydrogen-bond donors (Lipinski definition) is 0. The van der Waals surface area contributed by atoms with Gasteiger partial charge in [0, 0.05) is 24.8 Å². The van der Waals surface area contributed by atoms with Gasteiger partial charge in [0.1, 0.15) is 18.5 Å². The van der Waals surface area contributed by atoms with Gasteiger partial charge in [-0.1, -0.05) is 0 Å². The van der Waals surface area contributed by atoms with E-state index in [-0.39, 0.29) is 0 Å². The van der Waals surface area contributed by atoms with Crippen LogP contribution in [0.4, 0.5) is 5.82 Å². The SMILES string of the molecule is Cc1cc(OCC2CCN(c3ncnc4ccsc34)CC2)ncn1. The predicted octanol–water partition coefficient (Wildman–Crippen LogP) is 3.09. The Balaban J connectivity index is 1.36. The number of nitrogens with zero attached hydrogens (tertiary/aromatic N) is 5. The van der Waals surface area contributed by atoms with Gasteiger partial charge in [0.05, 0.1) is 16.8 Å². The third-order valence-electron chi connectivity index (χ3n) is 4.38. The second-order valence-corrected chi connectivity index (χ2v) is 6.99. The average Bonchev–Trinajstić information content (AvgIpc) is 3.09. The number of thiophene rings is 1. The maximum absolute atomic E-state index is 5.83. The lowest BCUT2D eigenvalue weighted by Crippen LogP contribution is -2.36. The molecular formula is C17H19N5OS. The Hall–Kier alpha value is -2.28. The first-order valence-electron chi connectivity index (χ1n) is 8.14. The molecule has 0 saturated carbocycles. The van der Waals surface area contributed by atoms with Crippen molar-refractivity contribution in [2.24, 2.45) is 5.92 Å². The van der Waals surface area contributed by atoms with Crippen LogP contribution in [0.25, 0.3) is 10.2 Å². The maximum atomic E-state index is 5.83. The lowest BCUT2D eigenvalue weighted by Gasteiger charge is -2.32. The van der Waals surface area contributed by atoms with Crippen molar-refractivity contribution in [1.29, 1.82) is 0 Å². The average molecular weight is 341 g/mol. The molecule has 1 saturated heterocycles. The highest BCUT2D eigenvalue weighted by atomic mass is 32.1. The van der Waals surface area contributed by atoms with Crippen molar-refractivity contribution in [2.75, 3.05) is 24.6 Å². The van der Waals surface area contributed by atoms with E-state index < -0.39 is 0 Å². The molecule has 0 aliphatic carbocycles. The van der Waals surface area contributed by atoms with Crippen LogP contribution in [-0.4, -0.2) is 39.6 Å². The van der Waals surface area contributed by atoms with Crippen LogP contribution in [0.1, 0.15) is 18.5 Å². The summed E-state index contributed by atoms with van der Waals surface area (Å²) in [7, 11) is 0. The first-order chi connectivity index (χ1) is 11.8. The highest BCUT2D eigenvalue weighted by molar-refractivity contribution is 7.17. The number of aryl methyl sites for hydroxylation is 1. The number of aromatic nitrogens is 4. The lowest BCUT2D eigenvalue weighted by atomic mass is 9.98. The molecule has 0 N–H and O–H groups in total. The van der Waals surface area contributed by atoms with Crippen LogP contribution in [0, 0.1) is 12.8 Å². The Morgan fingerprint density at radius 1 is 1.17 bits per heavy atom. The largest absolute Gasteiger partial charge is 0.477 e. The zero-order chi connectivity index (χ0) is 16.4. The summed E-state index contributed by atoms with van der Waals surface area (Å²) >= 11 is 1.71. The summed E-state index contributed by atoms with van der Waals surface area (Å²) in [5, 5.41) is 2.08. The summed E-state index contributed by atoms with van der Waals surface area (Å²) in [6, 6.07) is 3.93. The molecule has 0 unspecified atom stereocenters. The van der Waals surface area contributed by atoms with Gasteiger partial charge in [-0.15, -0.1) is 11.3 Å². The fraction of sp³-hybridized carbons (Fsp3) is 0.412. The Bertz CT molecular complexity index is 828. The molecule has 6 nitrogen and oxygen atoms in total. The second kappa shape index (κ2) is 6.68. The summed E-state index contributed by atoms with van der Waals surface area (Å²) in [5.74, 6) is 2.29. The summed E-state index contributed by atoms with van der Waals surface area (Å²) in [6.45, 7) is 4.66. The fourth-order valence-corrected chi connectivity index (χ4v) is 3.89. The molecule has 1 aliphatic rings. The molecule has 0 bridgehead atoms. The van der Waals surface area contributed by atoms with E-state index in [2.05, 4.69) is 36.3 Å². The van der Waals surface area contributed by atoms with Crippen molar-refractivity contribution < 1.29 is 4.74 Å². The Morgan fingerprint density at radius 3 is 2.83 bits per heavy atom. The molecule has 4 heterocycles. The van der Waals surface area contributed by atoms with E-state index >= 15 is 0 Å². The number of rotatable bonds is 4. The predicted molar refractivity (Wildman–Crippen MR) is 94.6 cm³/mol. The molecule has 1 fully saturated rings. The molecule has 0 spiro atoms. The molecule has 3 aromatic rings. The zero-order valence-corrected chi connectivity index (χ0v) is 14.4. The molecule has 0 amide bonds. The third kappa shape index (κ3) is 3.17. The van der Waals surface area contributed by atoms with Gasteiger partial charge in [0.2, 0.25) is 5.88 Å². The summed E-state index contributed by atoms with van der Waals surface area (Å²) < 4.78 is 7.02. The number of anilines is 1. The first-order valence-corrected chi connectivity index (χ1v) is 9.02. The van der Waals surface area contributed by atoms with Gasteiger partial charge in [0.15, 0.2) is 0 Å². The maximum Gasteiger partial charge on any atom is 0.216 e. The lowest BCUT2D eigenvalue weighted by molar-refractivity contribution is 0.215. The molecule has 1 aliphatic heterocycles.